The number of halogens is 1. The molecule has 0 aliphatic heterocycles. The molecule has 1 amide bonds. The SMILES string of the molecule is Cc1nc(C)c(C(=O)NCCCCCCCl)s1. The van der Waals surface area contributed by atoms with E-state index in [9.17, 15) is 4.79 Å². The van der Waals surface area contributed by atoms with E-state index in [4.69, 9.17) is 11.6 Å². The predicted molar refractivity (Wildman–Crippen MR) is 73.1 cm³/mol. The number of carbonyl (C=O) groups excluding carboxylic acids is 1. The first kappa shape index (κ1) is 14.5. The molecule has 0 aliphatic rings. The highest BCUT2D eigenvalue weighted by Crippen LogP contribution is 2.16. The molecule has 1 rings (SSSR count). The van der Waals surface area contributed by atoms with Crippen LogP contribution in [-0.4, -0.2) is 23.3 Å². The number of rotatable bonds is 7. The summed E-state index contributed by atoms with van der Waals surface area (Å²) in [5.41, 5.74) is 0.826. The molecule has 17 heavy (non-hydrogen) atoms. The lowest BCUT2D eigenvalue weighted by atomic mass is 10.2. The molecular weight excluding hydrogens is 256 g/mol. The third kappa shape index (κ3) is 5.04. The highest BCUT2D eigenvalue weighted by Gasteiger charge is 2.12. The second kappa shape index (κ2) is 7.67. The number of hydrogen-bond donors (Lipinski definition) is 1. The average molecular weight is 275 g/mol. The fourth-order valence-corrected chi connectivity index (χ4v) is 2.62. The van der Waals surface area contributed by atoms with E-state index in [2.05, 4.69) is 10.3 Å². The van der Waals surface area contributed by atoms with Crippen LogP contribution < -0.4 is 5.32 Å². The van der Waals surface area contributed by atoms with Gasteiger partial charge in [0.15, 0.2) is 0 Å². The summed E-state index contributed by atoms with van der Waals surface area (Å²) in [6.07, 6.45) is 4.33. The van der Waals surface area contributed by atoms with E-state index in [0.29, 0.717) is 0 Å². The van der Waals surface area contributed by atoms with Crippen LogP contribution in [0.2, 0.25) is 0 Å². The second-order valence-electron chi connectivity index (χ2n) is 4.01. The first-order valence-electron chi connectivity index (χ1n) is 5.93. The minimum atomic E-state index is 0.00504. The Kier molecular flexibility index (Phi) is 6.52. The number of aryl methyl sites for hydroxylation is 2. The third-order valence-corrected chi connectivity index (χ3v) is 3.79. The Labute approximate surface area is 112 Å². The summed E-state index contributed by atoms with van der Waals surface area (Å²) in [7, 11) is 0. The van der Waals surface area contributed by atoms with Crippen molar-refractivity contribution in [1.82, 2.24) is 10.3 Å². The van der Waals surface area contributed by atoms with E-state index in [1.807, 2.05) is 13.8 Å². The van der Waals surface area contributed by atoms with Crippen LogP contribution in [0.25, 0.3) is 0 Å². The molecule has 0 bridgehead atoms. The van der Waals surface area contributed by atoms with Gasteiger partial charge in [-0.05, 0) is 26.7 Å². The molecule has 0 saturated carbocycles. The van der Waals surface area contributed by atoms with Crippen molar-refractivity contribution in [3.05, 3.63) is 15.6 Å². The molecule has 0 saturated heterocycles. The predicted octanol–water partition coefficient (Wildman–Crippen LogP) is 3.29. The van der Waals surface area contributed by atoms with Gasteiger partial charge in [0.05, 0.1) is 10.7 Å². The summed E-state index contributed by atoms with van der Waals surface area (Å²) < 4.78 is 0. The van der Waals surface area contributed by atoms with E-state index in [1.54, 1.807) is 0 Å². The molecule has 1 N–H and O–H groups in total. The molecule has 0 spiro atoms. The van der Waals surface area contributed by atoms with E-state index in [1.165, 1.54) is 11.3 Å². The first-order valence-corrected chi connectivity index (χ1v) is 7.28. The molecule has 0 atom stereocenters. The summed E-state index contributed by atoms with van der Waals surface area (Å²) in [4.78, 5) is 16.8. The number of nitrogens with one attached hydrogen (secondary N) is 1. The van der Waals surface area contributed by atoms with Crippen molar-refractivity contribution in [2.75, 3.05) is 12.4 Å². The minimum absolute atomic E-state index is 0.00504. The fraction of sp³-hybridized carbons (Fsp3) is 0.667. The summed E-state index contributed by atoms with van der Waals surface area (Å²) in [5, 5.41) is 3.87. The maximum atomic E-state index is 11.8. The van der Waals surface area contributed by atoms with Crippen LogP contribution in [0.4, 0.5) is 0 Å². The topological polar surface area (TPSA) is 42.0 Å². The number of thiazole rings is 1. The van der Waals surface area contributed by atoms with Gasteiger partial charge in [0, 0.05) is 12.4 Å². The average Bonchev–Trinajstić information content (AvgIpc) is 2.62. The molecule has 0 aromatic carbocycles. The molecule has 1 heterocycles. The number of aromatic nitrogens is 1. The molecule has 3 nitrogen and oxygen atoms in total. The third-order valence-electron chi connectivity index (χ3n) is 2.46. The molecule has 0 fully saturated rings. The zero-order valence-electron chi connectivity index (χ0n) is 10.4. The lowest BCUT2D eigenvalue weighted by Crippen LogP contribution is -2.24. The standard InChI is InChI=1S/C12H19ClN2OS/c1-9-11(17-10(2)15-9)12(16)14-8-6-4-3-5-7-13/h3-8H2,1-2H3,(H,14,16). The van der Waals surface area contributed by atoms with Crippen LogP contribution in [0.1, 0.15) is 46.1 Å². The van der Waals surface area contributed by atoms with Gasteiger partial charge in [-0.1, -0.05) is 12.8 Å². The summed E-state index contributed by atoms with van der Waals surface area (Å²) in [5.74, 6) is 0.733. The van der Waals surface area contributed by atoms with E-state index >= 15 is 0 Å². The fourth-order valence-electron chi connectivity index (χ4n) is 1.60. The van der Waals surface area contributed by atoms with Gasteiger partial charge in [0.2, 0.25) is 0 Å². The van der Waals surface area contributed by atoms with Gasteiger partial charge >= 0.3 is 0 Å². The summed E-state index contributed by atoms with van der Waals surface area (Å²) in [6.45, 7) is 4.52. The van der Waals surface area contributed by atoms with Crippen molar-refractivity contribution in [3.8, 4) is 0 Å². The van der Waals surface area contributed by atoms with Crippen LogP contribution in [0.3, 0.4) is 0 Å². The van der Waals surface area contributed by atoms with Gasteiger partial charge in [-0.3, -0.25) is 4.79 Å². The summed E-state index contributed by atoms with van der Waals surface area (Å²) >= 11 is 7.04. The highest BCUT2D eigenvalue weighted by atomic mass is 35.5. The number of alkyl halides is 1. The highest BCUT2D eigenvalue weighted by molar-refractivity contribution is 7.13. The van der Waals surface area contributed by atoms with Gasteiger partial charge < -0.3 is 5.32 Å². The maximum Gasteiger partial charge on any atom is 0.263 e. The van der Waals surface area contributed by atoms with Crippen molar-refractivity contribution in [2.45, 2.75) is 39.5 Å². The second-order valence-corrected chi connectivity index (χ2v) is 5.59. The van der Waals surface area contributed by atoms with Gasteiger partial charge in [0.1, 0.15) is 4.88 Å². The van der Waals surface area contributed by atoms with E-state index in [0.717, 1.165) is 53.7 Å². The maximum absolute atomic E-state index is 11.8. The van der Waals surface area contributed by atoms with Crippen molar-refractivity contribution in [1.29, 1.82) is 0 Å². The number of nitrogens with zero attached hydrogens (tertiary/aromatic N) is 1. The minimum Gasteiger partial charge on any atom is -0.351 e. The van der Waals surface area contributed by atoms with Crippen LogP contribution >= 0.6 is 22.9 Å². The van der Waals surface area contributed by atoms with Gasteiger partial charge in [-0.2, -0.15) is 0 Å². The van der Waals surface area contributed by atoms with Crippen LogP contribution in [-0.2, 0) is 0 Å². The Morgan fingerprint density at radius 3 is 2.59 bits per heavy atom. The number of carbonyl (C=O) groups is 1. The van der Waals surface area contributed by atoms with Gasteiger partial charge in [-0.15, -0.1) is 22.9 Å². The van der Waals surface area contributed by atoms with Crippen LogP contribution in [0.15, 0.2) is 0 Å². The van der Waals surface area contributed by atoms with Crippen molar-refractivity contribution in [2.24, 2.45) is 0 Å². The normalized spacial score (nSPS) is 10.5. The zero-order valence-corrected chi connectivity index (χ0v) is 12.0. The quantitative estimate of drug-likeness (QED) is 0.612. The molecule has 1 aromatic heterocycles. The summed E-state index contributed by atoms with van der Waals surface area (Å²) in [6, 6.07) is 0. The molecular formula is C12H19ClN2OS. The van der Waals surface area contributed by atoms with E-state index in [-0.39, 0.29) is 5.91 Å². The Morgan fingerprint density at radius 1 is 1.29 bits per heavy atom. The monoisotopic (exact) mass is 274 g/mol. The van der Waals surface area contributed by atoms with Gasteiger partial charge in [-0.25, -0.2) is 4.98 Å². The molecule has 0 radical (unpaired) electrons. The lowest BCUT2D eigenvalue weighted by Gasteiger charge is -2.03. The number of hydrogen-bond acceptors (Lipinski definition) is 3. The van der Waals surface area contributed by atoms with Crippen molar-refractivity contribution < 1.29 is 4.79 Å². The molecule has 0 aliphatic carbocycles. The molecule has 1 aromatic rings. The zero-order chi connectivity index (χ0) is 12.7. The Hall–Kier alpha value is -0.610. The van der Waals surface area contributed by atoms with Crippen molar-refractivity contribution in [3.63, 3.8) is 0 Å². The molecule has 5 heteroatoms. The smallest absolute Gasteiger partial charge is 0.263 e. The molecule has 0 unspecified atom stereocenters. The Morgan fingerprint density at radius 2 is 2.00 bits per heavy atom. The van der Waals surface area contributed by atoms with Gasteiger partial charge in [0.25, 0.3) is 5.91 Å². The van der Waals surface area contributed by atoms with Crippen LogP contribution in [0.5, 0.6) is 0 Å². The van der Waals surface area contributed by atoms with Crippen molar-refractivity contribution >= 4 is 28.8 Å². The lowest BCUT2D eigenvalue weighted by molar-refractivity contribution is 0.0956. The number of unbranched alkanes of at least 4 members (excludes halogenated alkanes) is 3. The first-order chi connectivity index (χ1) is 8.15. The number of amides is 1. The van der Waals surface area contributed by atoms with E-state index < -0.39 is 0 Å². The molecule has 96 valence electrons. The Bertz CT molecular complexity index is 365. The largest absolute Gasteiger partial charge is 0.351 e. The Balaban J connectivity index is 2.23. The van der Waals surface area contributed by atoms with Crippen LogP contribution in [0, 0.1) is 13.8 Å².